The summed E-state index contributed by atoms with van der Waals surface area (Å²) < 4.78 is 3.95. The van der Waals surface area contributed by atoms with Crippen LogP contribution in [0.5, 0.6) is 0 Å². The molecule has 0 spiro atoms. The summed E-state index contributed by atoms with van der Waals surface area (Å²) in [6.07, 6.45) is 0. The van der Waals surface area contributed by atoms with Crippen molar-refractivity contribution in [2.45, 2.75) is 13.5 Å². The van der Waals surface area contributed by atoms with E-state index in [4.69, 9.17) is 0 Å². The maximum absolute atomic E-state index is 12.5. The molecule has 2 heterocycles. The van der Waals surface area contributed by atoms with Gasteiger partial charge in [-0.1, -0.05) is 17.7 Å². The molecule has 0 atom stereocenters. The number of benzene rings is 1. The van der Waals surface area contributed by atoms with Gasteiger partial charge in [0, 0.05) is 26.3 Å². The second-order valence-electron chi connectivity index (χ2n) is 5.68. The van der Waals surface area contributed by atoms with Crippen LogP contribution in [0.3, 0.4) is 0 Å². The van der Waals surface area contributed by atoms with Gasteiger partial charge in [0.05, 0.1) is 6.61 Å². The molecule has 0 saturated heterocycles. The van der Waals surface area contributed by atoms with Gasteiger partial charge in [-0.2, -0.15) is 4.98 Å². The Morgan fingerprint density at radius 2 is 1.79 bits per heavy atom. The molecular formula is C16H19N5O3. The third-order valence-corrected chi connectivity index (χ3v) is 3.98. The van der Waals surface area contributed by atoms with Crippen LogP contribution in [0, 0.1) is 6.92 Å². The van der Waals surface area contributed by atoms with Crippen molar-refractivity contribution < 1.29 is 5.11 Å². The topological polar surface area (TPSA) is 94.1 Å². The Morgan fingerprint density at radius 3 is 2.42 bits per heavy atom. The zero-order valence-electron chi connectivity index (χ0n) is 13.8. The second kappa shape index (κ2) is 5.97. The van der Waals surface area contributed by atoms with Gasteiger partial charge in [0.15, 0.2) is 11.2 Å². The van der Waals surface area contributed by atoms with E-state index in [2.05, 4.69) is 10.3 Å². The van der Waals surface area contributed by atoms with Crippen molar-refractivity contribution in [3.63, 3.8) is 0 Å². The van der Waals surface area contributed by atoms with Crippen LogP contribution in [0.1, 0.15) is 5.56 Å². The molecule has 0 amide bonds. The minimum atomic E-state index is -0.442. The van der Waals surface area contributed by atoms with Gasteiger partial charge in [0.2, 0.25) is 5.95 Å². The second-order valence-corrected chi connectivity index (χ2v) is 5.68. The third-order valence-electron chi connectivity index (χ3n) is 3.98. The highest BCUT2D eigenvalue weighted by Crippen LogP contribution is 2.20. The number of hydrogen-bond acceptors (Lipinski definition) is 5. The van der Waals surface area contributed by atoms with E-state index in [1.807, 2.05) is 31.2 Å². The molecule has 8 heteroatoms. The molecule has 0 bridgehead atoms. The Morgan fingerprint density at radius 1 is 1.12 bits per heavy atom. The molecule has 2 N–H and O–H groups in total. The number of fused-ring (bicyclic) bond motifs is 1. The molecule has 1 aromatic carbocycles. The number of aliphatic hydroxyl groups excluding tert-OH is 1. The average molecular weight is 329 g/mol. The van der Waals surface area contributed by atoms with Gasteiger partial charge >= 0.3 is 5.69 Å². The first-order valence-corrected chi connectivity index (χ1v) is 7.55. The normalized spacial score (nSPS) is 11.2. The van der Waals surface area contributed by atoms with Crippen LogP contribution < -0.4 is 16.6 Å². The summed E-state index contributed by atoms with van der Waals surface area (Å²) in [6, 6.07) is 7.70. The van der Waals surface area contributed by atoms with Crippen molar-refractivity contribution in [2.24, 2.45) is 14.1 Å². The lowest BCUT2D eigenvalue weighted by atomic mass is 10.2. The van der Waals surface area contributed by atoms with Crippen LogP contribution in [-0.2, 0) is 20.6 Å². The summed E-state index contributed by atoms with van der Waals surface area (Å²) in [5.41, 5.74) is 1.61. The van der Waals surface area contributed by atoms with Crippen LogP contribution in [0.15, 0.2) is 33.9 Å². The van der Waals surface area contributed by atoms with E-state index >= 15 is 0 Å². The Bertz CT molecular complexity index is 1010. The van der Waals surface area contributed by atoms with Crippen molar-refractivity contribution >= 4 is 22.8 Å². The monoisotopic (exact) mass is 329 g/mol. The summed E-state index contributed by atoms with van der Waals surface area (Å²) in [5, 5.41) is 12.5. The van der Waals surface area contributed by atoms with Gasteiger partial charge in [-0.25, -0.2) is 4.79 Å². The zero-order valence-corrected chi connectivity index (χ0v) is 13.8. The van der Waals surface area contributed by atoms with Gasteiger partial charge in [0.1, 0.15) is 0 Å². The lowest BCUT2D eigenvalue weighted by Crippen LogP contribution is -2.37. The van der Waals surface area contributed by atoms with E-state index in [-0.39, 0.29) is 24.3 Å². The highest BCUT2D eigenvalue weighted by Gasteiger charge is 2.18. The number of hydrogen-bond donors (Lipinski definition) is 2. The summed E-state index contributed by atoms with van der Waals surface area (Å²) in [6.45, 7) is 2.03. The fourth-order valence-electron chi connectivity index (χ4n) is 2.63. The molecule has 126 valence electrons. The Balaban J connectivity index is 2.24. The van der Waals surface area contributed by atoms with Crippen LogP contribution in [-0.4, -0.2) is 30.4 Å². The van der Waals surface area contributed by atoms with Gasteiger partial charge in [-0.05, 0) is 19.1 Å². The van der Waals surface area contributed by atoms with Crippen LogP contribution >= 0.6 is 0 Å². The molecule has 0 saturated carbocycles. The number of imidazole rings is 1. The number of aliphatic hydroxyl groups is 1. The van der Waals surface area contributed by atoms with E-state index in [1.165, 1.54) is 11.6 Å². The predicted octanol–water partition coefficient (Wildman–Crippen LogP) is 0.478. The molecule has 8 nitrogen and oxygen atoms in total. The highest BCUT2D eigenvalue weighted by atomic mass is 16.3. The van der Waals surface area contributed by atoms with Crippen molar-refractivity contribution in [1.29, 1.82) is 0 Å². The first kappa shape index (κ1) is 16.0. The molecule has 0 aliphatic rings. The van der Waals surface area contributed by atoms with Crippen LogP contribution in [0.4, 0.5) is 11.6 Å². The molecule has 0 fully saturated rings. The SMILES string of the molecule is Cc1ccc(Nc2nc3c(c(=O)n(C)c(=O)n3C)n2CCO)cc1. The van der Waals surface area contributed by atoms with E-state index in [0.29, 0.717) is 5.95 Å². The van der Waals surface area contributed by atoms with Crippen LogP contribution in [0.2, 0.25) is 0 Å². The quantitative estimate of drug-likeness (QED) is 0.726. The van der Waals surface area contributed by atoms with E-state index < -0.39 is 11.2 Å². The first-order chi connectivity index (χ1) is 11.4. The van der Waals surface area contributed by atoms with E-state index in [0.717, 1.165) is 15.8 Å². The van der Waals surface area contributed by atoms with Gasteiger partial charge in [0.25, 0.3) is 5.56 Å². The molecule has 0 aliphatic heterocycles. The van der Waals surface area contributed by atoms with Crippen molar-refractivity contribution in [2.75, 3.05) is 11.9 Å². The standard InChI is InChI=1S/C16H19N5O3/c1-10-4-6-11(7-5-10)17-15-18-13-12(21(15)8-9-22)14(23)20(3)16(24)19(13)2/h4-7,22H,8-9H2,1-3H3,(H,17,18). The number of aryl methyl sites for hydroxylation is 2. The van der Waals surface area contributed by atoms with E-state index in [9.17, 15) is 14.7 Å². The van der Waals surface area contributed by atoms with Gasteiger partial charge < -0.3 is 15.0 Å². The fourth-order valence-corrected chi connectivity index (χ4v) is 2.63. The van der Waals surface area contributed by atoms with Crippen molar-refractivity contribution in [3.05, 3.63) is 50.7 Å². The number of nitrogens with zero attached hydrogens (tertiary/aromatic N) is 4. The molecule has 3 aromatic rings. The maximum Gasteiger partial charge on any atom is 0.332 e. The van der Waals surface area contributed by atoms with Gasteiger partial charge in [-0.15, -0.1) is 0 Å². The Kier molecular flexibility index (Phi) is 3.98. The summed E-state index contributed by atoms with van der Waals surface area (Å²) in [7, 11) is 2.99. The molecular weight excluding hydrogens is 310 g/mol. The molecule has 3 rings (SSSR count). The summed E-state index contributed by atoms with van der Waals surface area (Å²) in [4.78, 5) is 29.0. The van der Waals surface area contributed by atoms with Crippen LogP contribution in [0.25, 0.3) is 11.2 Å². The number of anilines is 2. The third kappa shape index (κ3) is 2.50. The smallest absolute Gasteiger partial charge is 0.332 e. The number of rotatable bonds is 4. The maximum atomic E-state index is 12.5. The average Bonchev–Trinajstić information content (AvgIpc) is 2.92. The summed E-state index contributed by atoms with van der Waals surface area (Å²) >= 11 is 0. The number of nitrogens with one attached hydrogen (secondary N) is 1. The van der Waals surface area contributed by atoms with Crippen molar-refractivity contribution in [3.8, 4) is 0 Å². The minimum Gasteiger partial charge on any atom is -0.395 e. The molecule has 0 radical (unpaired) electrons. The lowest BCUT2D eigenvalue weighted by Gasteiger charge is -2.09. The molecule has 0 unspecified atom stereocenters. The lowest BCUT2D eigenvalue weighted by molar-refractivity contribution is 0.278. The summed E-state index contributed by atoms with van der Waals surface area (Å²) in [5.74, 6) is 0.404. The minimum absolute atomic E-state index is 0.153. The Labute approximate surface area is 137 Å². The molecule has 2 aromatic heterocycles. The van der Waals surface area contributed by atoms with Gasteiger partial charge in [-0.3, -0.25) is 13.9 Å². The van der Waals surface area contributed by atoms with E-state index in [1.54, 1.807) is 11.6 Å². The fraction of sp³-hybridized carbons (Fsp3) is 0.312. The highest BCUT2D eigenvalue weighted by molar-refractivity contribution is 5.75. The zero-order chi connectivity index (χ0) is 17.4. The predicted molar refractivity (Wildman–Crippen MR) is 91.8 cm³/mol. The number of aromatic nitrogens is 4. The molecule has 0 aliphatic carbocycles. The largest absolute Gasteiger partial charge is 0.395 e. The Hall–Kier alpha value is -2.87. The molecule has 24 heavy (non-hydrogen) atoms. The van der Waals surface area contributed by atoms with Crippen molar-refractivity contribution in [1.82, 2.24) is 18.7 Å². The first-order valence-electron chi connectivity index (χ1n) is 7.55.